The Morgan fingerprint density at radius 1 is 0.486 bits per heavy atom. The van der Waals surface area contributed by atoms with Crippen LogP contribution in [0.1, 0.15) is 0 Å². The lowest BCUT2D eigenvalue weighted by Gasteiger charge is -2.11. The molecule has 7 heteroatoms. The second-order valence-electron chi connectivity index (χ2n) is 9.00. The van der Waals surface area contributed by atoms with Crippen molar-refractivity contribution in [1.29, 1.82) is 0 Å². The first-order chi connectivity index (χ1) is 18.0. The highest BCUT2D eigenvalue weighted by atomic mass is 16.5. The normalized spacial score (nSPS) is 11.9. The molecule has 1 N–H and O–H groups in total. The molecule has 0 aliphatic rings. The molecule has 0 fully saturated rings. The lowest BCUT2D eigenvalue weighted by atomic mass is 9.91. The van der Waals surface area contributed by atoms with Crippen molar-refractivity contribution >= 4 is 64.9 Å². The van der Waals surface area contributed by atoms with Gasteiger partial charge < -0.3 is 14.5 Å². The third-order valence-corrected chi connectivity index (χ3v) is 7.30. The molecule has 37 heavy (non-hydrogen) atoms. The SMILES string of the molecule is COc1cccc2c(=O)c3c(c(=O)c12)c1[nH]c2ccccc2c1c1c(=O)c2c(OC)cccc2c(=O)c31. The highest BCUT2D eigenvalue weighted by Crippen LogP contribution is 2.37. The van der Waals surface area contributed by atoms with Crippen LogP contribution in [-0.4, -0.2) is 19.2 Å². The van der Waals surface area contributed by atoms with Crippen LogP contribution in [0.2, 0.25) is 0 Å². The van der Waals surface area contributed by atoms with Crippen LogP contribution in [0, 0.1) is 0 Å². The third kappa shape index (κ3) is 2.50. The molecule has 0 aliphatic heterocycles. The molecule has 0 radical (unpaired) electrons. The molecule has 7 rings (SSSR count). The summed E-state index contributed by atoms with van der Waals surface area (Å²) in [6.07, 6.45) is 0. The molecule has 0 atom stereocenters. The quantitative estimate of drug-likeness (QED) is 0.289. The highest BCUT2D eigenvalue weighted by molar-refractivity contribution is 6.33. The Hall–Kier alpha value is -5.04. The number of benzene rings is 6. The van der Waals surface area contributed by atoms with Crippen LogP contribution < -0.4 is 31.2 Å². The fraction of sp³-hybridized carbons (Fsp3) is 0.0667. The lowest BCUT2D eigenvalue weighted by Crippen LogP contribution is -2.20. The molecule has 0 spiro atoms. The molecule has 0 unspecified atom stereocenters. The smallest absolute Gasteiger partial charge is 0.200 e. The van der Waals surface area contributed by atoms with Gasteiger partial charge in [0.1, 0.15) is 11.5 Å². The standard InChI is InChI=1S/C30H17NO6/c1-36-17-11-5-8-14-19(17)29(34)22-21-13-7-3-4-10-16(13)31-26(21)25-24(23(22)27(14)32)28(33)15-9-6-12-18(37-2)20(15)30(25)35/h3-12,31H,1-2H3. The Balaban J connectivity index is 1.98. The van der Waals surface area contributed by atoms with Gasteiger partial charge in [0.25, 0.3) is 0 Å². The van der Waals surface area contributed by atoms with Gasteiger partial charge >= 0.3 is 0 Å². The van der Waals surface area contributed by atoms with E-state index in [0.717, 1.165) is 0 Å². The van der Waals surface area contributed by atoms with E-state index in [9.17, 15) is 19.2 Å². The van der Waals surface area contributed by atoms with Crippen molar-refractivity contribution in [2.75, 3.05) is 14.2 Å². The van der Waals surface area contributed by atoms with Crippen molar-refractivity contribution in [3.63, 3.8) is 0 Å². The van der Waals surface area contributed by atoms with Crippen LogP contribution >= 0.6 is 0 Å². The largest absolute Gasteiger partial charge is 0.496 e. The van der Waals surface area contributed by atoms with Crippen molar-refractivity contribution in [1.82, 2.24) is 4.98 Å². The molecule has 6 aromatic carbocycles. The van der Waals surface area contributed by atoms with E-state index in [1.54, 1.807) is 30.3 Å². The maximum absolute atomic E-state index is 14.1. The molecular weight excluding hydrogens is 470 g/mol. The number of hydrogen-bond acceptors (Lipinski definition) is 6. The Morgan fingerprint density at radius 2 is 0.973 bits per heavy atom. The minimum absolute atomic E-state index is 0.0511. The van der Waals surface area contributed by atoms with Gasteiger partial charge in [0.2, 0.25) is 0 Å². The number of rotatable bonds is 2. The van der Waals surface area contributed by atoms with Crippen LogP contribution in [0.3, 0.4) is 0 Å². The number of ether oxygens (including phenoxy) is 2. The predicted octanol–water partition coefficient (Wildman–Crippen LogP) is 4.27. The summed E-state index contributed by atoms with van der Waals surface area (Å²) in [6, 6.07) is 16.8. The Morgan fingerprint density at radius 3 is 1.57 bits per heavy atom. The number of fused-ring (bicyclic) bond motifs is 10. The molecule has 7 nitrogen and oxygen atoms in total. The van der Waals surface area contributed by atoms with Crippen molar-refractivity contribution in [2.45, 2.75) is 0 Å². The Bertz CT molecular complexity index is 2360. The van der Waals surface area contributed by atoms with E-state index in [-0.39, 0.29) is 54.6 Å². The fourth-order valence-corrected chi connectivity index (χ4v) is 5.77. The molecular formula is C30H17NO6. The number of methoxy groups -OCH3 is 2. The summed E-state index contributed by atoms with van der Waals surface area (Å²) in [5.74, 6) is 0.533. The molecule has 178 valence electrons. The molecule has 1 heterocycles. The Kier molecular flexibility index (Phi) is 4.16. The first-order valence-corrected chi connectivity index (χ1v) is 11.6. The second-order valence-corrected chi connectivity index (χ2v) is 9.00. The lowest BCUT2D eigenvalue weighted by molar-refractivity contribution is 0.419. The van der Waals surface area contributed by atoms with Gasteiger partial charge in [-0.05, 0) is 18.2 Å². The van der Waals surface area contributed by atoms with E-state index in [1.807, 2.05) is 24.3 Å². The van der Waals surface area contributed by atoms with Crippen molar-refractivity contribution < 1.29 is 9.47 Å². The summed E-state index contributed by atoms with van der Waals surface area (Å²) < 4.78 is 10.9. The van der Waals surface area contributed by atoms with E-state index in [0.29, 0.717) is 21.8 Å². The number of nitrogens with one attached hydrogen (secondary N) is 1. The molecule has 0 saturated heterocycles. The summed E-state index contributed by atoms with van der Waals surface area (Å²) in [7, 11) is 2.87. The van der Waals surface area contributed by atoms with Crippen LogP contribution in [0.25, 0.3) is 64.9 Å². The highest BCUT2D eigenvalue weighted by Gasteiger charge is 2.26. The zero-order chi connectivity index (χ0) is 25.6. The first kappa shape index (κ1) is 21.3. The molecule has 0 aliphatic carbocycles. The Labute approximate surface area is 206 Å². The van der Waals surface area contributed by atoms with Gasteiger partial charge in [-0.2, -0.15) is 0 Å². The minimum atomic E-state index is -0.507. The maximum atomic E-state index is 14.1. The first-order valence-electron chi connectivity index (χ1n) is 11.6. The average molecular weight is 487 g/mol. The zero-order valence-corrected chi connectivity index (χ0v) is 19.7. The van der Waals surface area contributed by atoms with Crippen LogP contribution in [0.15, 0.2) is 79.8 Å². The van der Waals surface area contributed by atoms with E-state index in [1.165, 1.54) is 20.3 Å². The van der Waals surface area contributed by atoms with E-state index < -0.39 is 21.7 Å². The van der Waals surface area contributed by atoms with E-state index >= 15 is 0 Å². The van der Waals surface area contributed by atoms with Gasteiger partial charge in [0.05, 0.1) is 35.9 Å². The summed E-state index contributed by atoms with van der Waals surface area (Å²) in [5, 5.41) is 1.70. The van der Waals surface area contributed by atoms with E-state index in [4.69, 9.17) is 9.47 Å². The van der Waals surface area contributed by atoms with Crippen molar-refractivity contribution in [3.8, 4) is 11.5 Å². The number of aromatic amines is 1. The zero-order valence-electron chi connectivity index (χ0n) is 19.7. The summed E-state index contributed by atoms with van der Waals surface area (Å²) in [6.45, 7) is 0. The van der Waals surface area contributed by atoms with E-state index in [2.05, 4.69) is 4.98 Å². The molecule has 1 aromatic heterocycles. The van der Waals surface area contributed by atoms with Crippen molar-refractivity contribution in [3.05, 3.63) is 102 Å². The summed E-state index contributed by atoms with van der Waals surface area (Å²) >= 11 is 0. The molecule has 7 aromatic rings. The van der Waals surface area contributed by atoms with Crippen LogP contribution in [-0.2, 0) is 0 Å². The van der Waals surface area contributed by atoms with Gasteiger partial charge in [-0.15, -0.1) is 0 Å². The number of hydrogen-bond donors (Lipinski definition) is 1. The van der Waals surface area contributed by atoms with Gasteiger partial charge in [-0.25, -0.2) is 0 Å². The van der Waals surface area contributed by atoms with Crippen molar-refractivity contribution in [2.24, 2.45) is 0 Å². The molecule has 0 amide bonds. The van der Waals surface area contributed by atoms with Crippen LogP contribution in [0.5, 0.6) is 11.5 Å². The third-order valence-electron chi connectivity index (χ3n) is 7.30. The maximum Gasteiger partial charge on any atom is 0.200 e. The average Bonchev–Trinajstić information content (AvgIpc) is 3.32. The van der Waals surface area contributed by atoms with Gasteiger partial charge in [0.15, 0.2) is 21.7 Å². The summed E-state index contributed by atoms with van der Waals surface area (Å²) in [5.41, 5.74) is -0.879. The number of H-pyrrole nitrogens is 1. The topological polar surface area (TPSA) is 103 Å². The van der Waals surface area contributed by atoms with Gasteiger partial charge in [-0.1, -0.05) is 42.5 Å². The van der Waals surface area contributed by atoms with Crippen LogP contribution in [0.4, 0.5) is 0 Å². The van der Waals surface area contributed by atoms with Gasteiger partial charge in [-0.3, -0.25) is 19.2 Å². The monoisotopic (exact) mass is 487 g/mol. The molecule has 0 saturated carbocycles. The predicted molar refractivity (Wildman–Crippen MR) is 146 cm³/mol. The van der Waals surface area contributed by atoms with Gasteiger partial charge in [0, 0.05) is 43.2 Å². The number of aromatic nitrogens is 1. The fourth-order valence-electron chi connectivity index (χ4n) is 5.77. The second kappa shape index (κ2) is 7.24. The molecule has 0 bridgehead atoms. The number of para-hydroxylation sites is 1. The minimum Gasteiger partial charge on any atom is -0.496 e. The summed E-state index contributed by atoms with van der Waals surface area (Å²) in [4.78, 5) is 59.6.